The molecule has 1 heterocycles. The summed E-state index contributed by atoms with van der Waals surface area (Å²) in [4.78, 5) is 0. The first-order valence-corrected chi connectivity index (χ1v) is 2.85. The summed E-state index contributed by atoms with van der Waals surface area (Å²) in [6, 6.07) is 0.489. The van der Waals surface area contributed by atoms with Gasteiger partial charge >= 0.3 is 0 Å². The maximum Gasteiger partial charge on any atom is 0.0629 e. The molecule has 3 heteroatoms. The highest BCUT2D eigenvalue weighted by Gasteiger charge is 2.11. The van der Waals surface area contributed by atoms with Crippen LogP contribution in [0.1, 0.15) is 6.42 Å². The molecule has 0 spiro atoms. The Balaban J connectivity index is 2.14. The number of hydrogen-bond acceptors (Lipinski definition) is 3. The molecule has 1 atom stereocenters. The Kier molecular flexibility index (Phi) is 1.97. The van der Waals surface area contributed by atoms with Crippen molar-refractivity contribution in [2.24, 2.45) is 0 Å². The van der Waals surface area contributed by atoms with Gasteiger partial charge in [0, 0.05) is 12.6 Å². The Labute approximate surface area is 48.8 Å². The van der Waals surface area contributed by atoms with Gasteiger partial charge in [0.25, 0.3) is 0 Å². The minimum atomic E-state index is 0.489. The van der Waals surface area contributed by atoms with Crippen molar-refractivity contribution in [3.8, 4) is 0 Å². The summed E-state index contributed by atoms with van der Waals surface area (Å²) in [7, 11) is 0. The van der Waals surface area contributed by atoms with Crippen LogP contribution in [-0.4, -0.2) is 19.3 Å². The van der Waals surface area contributed by atoms with Crippen molar-refractivity contribution in [1.82, 2.24) is 4.72 Å². The van der Waals surface area contributed by atoms with Crippen LogP contribution in [-0.2, 0) is 4.74 Å². The lowest BCUT2D eigenvalue weighted by atomic mass is 10.3. The fourth-order valence-electron chi connectivity index (χ4n) is 0.636. The summed E-state index contributed by atoms with van der Waals surface area (Å²) >= 11 is 3.89. The zero-order valence-electron chi connectivity index (χ0n) is 4.05. The van der Waals surface area contributed by atoms with Crippen LogP contribution in [0, 0.1) is 0 Å². The predicted molar refractivity (Wildman–Crippen MR) is 31.3 cm³/mol. The number of ether oxygens (including phenoxy) is 1. The van der Waals surface area contributed by atoms with Gasteiger partial charge in [-0.1, -0.05) is 12.8 Å². The first-order chi connectivity index (χ1) is 3.43. The van der Waals surface area contributed by atoms with Gasteiger partial charge < -0.3 is 4.74 Å². The Morgan fingerprint density at radius 2 is 2.57 bits per heavy atom. The first kappa shape index (κ1) is 5.41. The average molecular weight is 119 g/mol. The third kappa shape index (κ3) is 1.33. The molecule has 0 aliphatic carbocycles. The largest absolute Gasteiger partial charge is 0.380 e. The lowest BCUT2D eigenvalue weighted by Gasteiger charge is -1.99. The van der Waals surface area contributed by atoms with Crippen molar-refractivity contribution in [3.63, 3.8) is 0 Å². The van der Waals surface area contributed by atoms with E-state index in [4.69, 9.17) is 4.74 Å². The van der Waals surface area contributed by atoms with Crippen LogP contribution in [0.2, 0.25) is 0 Å². The topological polar surface area (TPSA) is 21.3 Å². The number of hydrogen-bond donors (Lipinski definition) is 2. The van der Waals surface area contributed by atoms with Crippen molar-refractivity contribution in [3.05, 3.63) is 0 Å². The molecule has 42 valence electrons. The minimum absolute atomic E-state index is 0.489. The molecule has 0 bridgehead atoms. The smallest absolute Gasteiger partial charge is 0.0629 e. The molecule has 0 radical (unpaired) electrons. The van der Waals surface area contributed by atoms with Crippen molar-refractivity contribution < 1.29 is 4.74 Å². The predicted octanol–water partition coefficient (Wildman–Crippen LogP) is 0.210. The minimum Gasteiger partial charge on any atom is -0.380 e. The third-order valence-corrected chi connectivity index (χ3v) is 1.48. The van der Waals surface area contributed by atoms with Crippen LogP contribution in [0.25, 0.3) is 0 Å². The lowest BCUT2D eigenvalue weighted by Crippen LogP contribution is -2.19. The Morgan fingerprint density at radius 3 is 2.86 bits per heavy atom. The first-order valence-electron chi connectivity index (χ1n) is 2.41. The van der Waals surface area contributed by atoms with Gasteiger partial charge in [0.2, 0.25) is 0 Å². The molecule has 1 unspecified atom stereocenters. The van der Waals surface area contributed by atoms with E-state index in [9.17, 15) is 0 Å². The number of nitrogens with one attached hydrogen (secondary N) is 1. The number of rotatable bonds is 1. The molecule has 0 saturated carbocycles. The summed E-state index contributed by atoms with van der Waals surface area (Å²) in [6.07, 6.45) is 1.10. The van der Waals surface area contributed by atoms with Crippen molar-refractivity contribution >= 4 is 12.8 Å². The molecule has 0 amide bonds. The van der Waals surface area contributed by atoms with Gasteiger partial charge in [0.15, 0.2) is 0 Å². The highest BCUT2D eigenvalue weighted by Crippen LogP contribution is 2.02. The summed E-state index contributed by atoms with van der Waals surface area (Å²) in [5.74, 6) is 0. The van der Waals surface area contributed by atoms with Gasteiger partial charge in [-0.2, -0.15) is 0 Å². The highest BCUT2D eigenvalue weighted by atomic mass is 32.1. The Bertz CT molecular complexity index is 53.7. The Hall–Kier alpha value is 0.270. The highest BCUT2D eigenvalue weighted by molar-refractivity contribution is 7.78. The van der Waals surface area contributed by atoms with Crippen LogP contribution in [0.15, 0.2) is 0 Å². The van der Waals surface area contributed by atoms with Crippen LogP contribution >= 0.6 is 12.8 Å². The average Bonchev–Trinajstić information content (AvgIpc) is 2.14. The molecule has 1 aliphatic heterocycles. The Morgan fingerprint density at radius 1 is 1.71 bits per heavy atom. The molecule has 2 nitrogen and oxygen atoms in total. The van der Waals surface area contributed by atoms with Crippen LogP contribution in [0.5, 0.6) is 0 Å². The molecule has 1 saturated heterocycles. The zero-order valence-corrected chi connectivity index (χ0v) is 4.95. The van der Waals surface area contributed by atoms with Crippen molar-refractivity contribution in [2.45, 2.75) is 12.5 Å². The van der Waals surface area contributed by atoms with E-state index in [2.05, 4.69) is 17.5 Å². The molecule has 0 aromatic heterocycles. The van der Waals surface area contributed by atoms with Crippen LogP contribution < -0.4 is 4.72 Å². The monoisotopic (exact) mass is 119 g/mol. The lowest BCUT2D eigenvalue weighted by molar-refractivity contribution is 0.193. The molecular formula is C4H9NOS. The zero-order chi connectivity index (χ0) is 5.11. The SMILES string of the molecule is SNC1CCOC1. The third-order valence-electron chi connectivity index (χ3n) is 1.11. The van der Waals surface area contributed by atoms with Gasteiger partial charge in [-0.3, -0.25) is 4.72 Å². The van der Waals surface area contributed by atoms with E-state index >= 15 is 0 Å². The van der Waals surface area contributed by atoms with E-state index in [0.717, 1.165) is 19.6 Å². The van der Waals surface area contributed by atoms with Gasteiger partial charge in [-0.05, 0) is 6.42 Å². The van der Waals surface area contributed by atoms with Gasteiger partial charge in [-0.15, -0.1) is 0 Å². The summed E-state index contributed by atoms with van der Waals surface area (Å²) in [5, 5.41) is 0. The molecule has 1 rings (SSSR count). The summed E-state index contributed by atoms with van der Waals surface area (Å²) < 4.78 is 7.87. The molecule has 1 aliphatic rings. The van der Waals surface area contributed by atoms with Crippen LogP contribution in [0.4, 0.5) is 0 Å². The summed E-state index contributed by atoms with van der Waals surface area (Å²) in [5.41, 5.74) is 0. The molecule has 0 aromatic rings. The van der Waals surface area contributed by atoms with Gasteiger partial charge in [0.1, 0.15) is 0 Å². The second-order valence-corrected chi connectivity index (χ2v) is 1.95. The van der Waals surface area contributed by atoms with E-state index in [0.29, 0.717) is 6.04 Å². The van der Waals surface area contributed by atoms with Crippen molar-refractivity contribution in [1.29, 1.82) is 0 Å². The second kappa shape index (κ2) is 2.55. The molecule has 1 N–H and O–H groups in total. The van der Waals surface area contributed by atoms with E-state index in [1.165, 1.54) is 0 Å². The maximum atomic E-state index is 5.04. The van der Waals surface area contributed by atoms with Gasteiger partial charge in [0.05, 0.1) is 6.61 Å². The summed E-state index contributed by atoms with van der Waals surface area (Å²) in [6.45, 7) is 1.71. The van der Waals surface area contributed by atoms with E-state index in [1.54, 1.807) is 0 Å². The standard InChI is InChI=1S/C4H9NOS/c7-5-4-1-2-6-3-4/h4-5,7H,1-3H2. The van der Waals surface area contributed by atoms with Gasteiger partial charge in [-0.25, -0.2) is 0 Å². The maximum absolute atomic E-state index is 5.04. The fraction of sp³-hybridized carbons (Fsp3) is 1.00. The van der Waals surface area contributed by atoms with E-state index in [1.807, 2.05) is 0 Å². The van der Waals surface area contributed by atoms with E-state index < -0.39 is 0 Å². The normalized spacial score (nSPS) is 31.3. The molecular weight excluding hydrogens is 110 g/mol. The quantitative estimate of drug-likeness (QED) is 0.481. The van der Waals surface area contributed by atoms with Crippen molar-refractivity contribution in [2.75, 3.05) is 13.2 Å². The second-order valence-electron chi connectivity index (χ2n) is 1.69. The molecule has 7 heavy (non-hydrogen) atoms. The van der Waals surface area contributed by atoms with Crippen LogP contribution in [0.3, 0.4) is 0 Å². The number of thiol groups is 1. The van der Waals surface area contributed by atoms with E-state index in [-0.39, 0.29) is 0 Å². The molecule has 0 aromatic carbocycles. The molecule has 1 fully saturated rings. The fourth-order valence-corrected chi connectivity index (χ4v) is 0.840.